The fraction of sp³-hybridized carbons (Fsp3) is 0.364. The molecule has 168 valence electrons. The third-order valence-corrected chi connectivity index (χ3v) is 5.06. The minimum Gasteiger partial charge on any atom is -0.493 e. The molecule has 0 saturated carbocycles. The highest BCUT2D eigenvalue weighted by Crippen LogP contribution is 2.24. The largest absolute Gasteiger partial charge is 0.493 e. The molecule has 2 N–H and O–H groups in total. The van der Waals surface area contributed by atoms with Gasteiger partial charge in [0.05, 0.1) is 20.3 Å². The Labute approximate surface area is 184 Å². The minimum atomic E-state index is -0.718. The lowest BCUT2D eigenvalue weighted by Crippen LogP contribution is -2.37. The van der Waals surface area contributed by atoms with Crippen molar-refractivity contribution in [3.8, 4) is 5.75 Å². The zero-order valence-corrected chi connectivity index (χ0v) is 18.0. The van der Waals surface area contributed by atoms with E-state index in [9.17, 15) is 9.59 Å². The van der Waals surface area contributed by atoms with E-state index in [1.54, 1.807) is 18.2 Å². The molecular formula is C22H25N5O5. The molecule has 0 bridgehead atoms. The lowest BCUT2D eigenvalue weighted by Gasteiger charge is -2.28. The first kappa shape index (κ1) is 21.6. The Hall–Kier alpha value is -3.66. The molecule has 1 saturated heterocycles. The highest BCUT2D eigenvalue weighted by molar-refractivity contribution is 5.97. The number of hydrogen-bond acceptors (Lipinski definition) is 9. The van der Waals surface area contributed by atoms with Crippen LogP contribution in [0.2, 0.25) is 0 Å². The van der Waals surface area contributed by atoms with Crippen LogP contribution in [0.5, 0.6) is 5.75 Å². The molecule has 32 heavy (non-hydrogen) atoms. The second kappa shape index (κ2) is 9.65. The molecule has 1 fully saturated rings. The van der Waals surface area contributed by atoms with E-state index in [4.69, 9.17) is 13.9 Å². The Kier molecular flexibility index (Phi) is 6.50. The molecule has 1 amide bonds. The van der Waals surface area contributed by atoms with Gasteiger partial charge in [-0.15, -0.1) is 0 Å². The van der Waals surface area contributed by atoms with Crippen LogP contribution in [0.4, 0.5) is 11.8 Å². The summed E-state index contributed by atoms with van der Waals surface area (Å²) in [6.45, 7) is 5.49. The van der Waals surface area contributed by atoms with Gasteiger partial charge in [-0.2, -0.15) is 4.98 Å². The highest BCUT2D eigenvalue weighted by atomic mass is 16.5. The van der Waals surface area contributed by atoms with Crippen molar-refractivity contribution in [3.05, 3.63) is 52.0 Å². The van der Waals surface area contributed by atoms with Crippen molar-refractivity contribution in [2.45, 2.75) is 6.92 Å². The Morgan fingerprint density at radius 2 is 2.00 bits per heavy atom. The fourth-order valence-electron chi connectivity index (χ4n) is 3.47. The number of fused-ring (bicyclic) bond motifs is 1. The second-order valence-corrected chi connectivity index (χ2v) is 7.30. The van der Waals surface area contributed by atoms with Crippen LogP contribution in [0.1, 0.15) is 16.1 Å². The number of aromatic nitrogens is 2. The Morgan fingerprint density at radius 1 is 1.19 bits per heavy atom. The summed E-state index contributed by atoms with van der Waals surface area (Å²) in [5.41, 5.74) is 0.375. The van der Waals surface area contributed by atoms with Crippen LogP contribution >= 0.6 is 0 Å². The van der Waals surface area contributed by atoms with E-state index in [1.165, 1.54) is 13.2 Å². The maximum absolute atomic E-state index is 12.5. The molecule has 3 heterocycles. The van der Waals surface area contributed by atoms with Gasteiger partial charge in [0.25, 0.3) is 5.91 Å². The third kappa shape index (κ3) is 4.80. The van der Waals surface area contributed by atoms with E-state index >= 15 is 0 Å². The van der Waals surface area contributed by atoms with Crippen LogP contribution in [0.25, 0.3) is 11.0 Å². The summed E-state index contributed by atoms with van der Waals surface area (Å²) >= 11 is 0. The standard InChI is InChI=1S/C22H25N5O5/c1-14-12-18(27-8-10-31-11-9-27)26-22(25-14)24-7-6-23-20(28)16-13-15-4-3-5-17(30-2)19(15)32-21(16)29/h3-5,12-13H,6-11H2,1-2H3,(H,23,28)(H,24,25,26). The lowest BCUT2D eigenvalue weighted by molar-refractivity contribution is 0.0951. The summed E-state index contributed by atoms with van der Waals surface area (Å²) in [5, 5.41) is 6.45. The zero-order valence-electron chi connectivity index (χ0n) is 18.0. The molecule has 3 aromatic rings. The summed E-state index contributed by atoms with van der Waals surface area (Å²) in [6.07, 6.45) is 0. The average molecular weight is 439 g/mol. The van der Waals surface area contributed by atoms with Crippen molar-refractivity contribution in [2.75, 3.05) is 56.7 Å². The summed E-state index contributed by atoms with van der Waals surface area (Å²) in [5.74, 6) is 1.25. The number of rotatable bonds is 7. The molecule has 0 radical (unpaired) electrons. The van der Waals surface area contributed by atoms with Crippen LogP contribution in [0.3, 0.4) is 0 Å². The molecule has 4 rings (SSSR count). The third-order valence-electron chi connectivity index (χ3n) is 5.06. The minimum absolute atomic E-state index is 0.0628. The van der Waals surface area contributed by atoms with Crippen LogP contribution in [0.15, 0.2) is 39.5 Å². The number of hydrogen-bond donors (Lipinski definition) is 2. The van der Waals surface area contributed by atoms with Gasteiger partial charge < -0.3 is 29.4 Å². The van der Waals surface area contributed by atoms with E-state index in [1.807, 2.05) is 13.0 Å². The van der Waals surface area contributed by atoms with Gasteiger partial charge in [-0.3, -0.25) is 4.79 Å². The molecule has 1 aliphatic heterocycles. The maximum Gasteiger partial charge on any atom is 0.349 e. The topological polar surface area (TPSA) is 119 Å². The lowest BCUT2D eigenvalue weighted by atomic mass is 10.1. The molecule has 1 aromatic carbocycles. The van der Waals surface area contributed by atoms with Gasteiger partial charge in [0, 0.05) is 43.3 Å². The van der Waals surface area contributed by atoms with Gasteiger partial charge >= 0.3 is 5.63 Å². The molecule has 2 aromatic heterocycles. The van der Waals surface area contributed by atoms with Crippen molar-refractivity contribution in [1.29, 1.82) is 0 Å². The van der Waals surface area contributed by atoms with Gasteiger partial charge in [0.2, 0.25) is 5.95 Å². The van der Waals surface area contributed by atoms with Crippen molar-refractivity contribution in [3.63, 3.8) is 0 Å². The molecule has 10 nitrogen and oxygen atoms in total. The second-order valence-electron chi connectivity index (χ2n) is 7.30. The first-order valence-electron chi connectivity index (χ1n) is 10.4. The predicted octanol–water partition coefficient (Wildman–Crippen LogP) is 1.58. The quantitative estimate of drug-likeness (QED) is 0.418. The zero-order chi connectivity index (χ0) is 22.5. The van der Waals surface area contributed by atoms with Crippen LogP contribution in [-0.2, 0) is 4.74 Å². The van der Waals surface area contributed by atoms with Gasteiger partial charge in [0.1, 0.15) is 11.4 Å². The number of nitrogens with one attached hydrogen (secondary N) is 2. The first-order chi connectivity index (χ1) is 15.5. The van der Waals surface area contributed by atoms with Gasteiger partial charge in [-0.25, -0.2) is 9.78 Å². The number of aryl methyl sites for hydroxylation is 1. The summed E-state index contributed by atoms with van der Waals surface area (Å²) in [7, 11) is 1.49. The summed E-state index contributed by atoms with van der Waals surface area (Å²) in [6, 6.07) is 8.64. The van der Waals surface area contributed by atoms with Gasteiger partial charge in [-0.1, -0.05) is 12.1 Å². The molecule has 10 heteroatoms. The first-order valence-corrected chi connectivity index (χ1v) is 10.4. The monoisotopic (exact) mass is 439 g/mol. The molecule has 0 unspecified atom stereocenters. The van der Waals surface area contributed by atoms with Crippen molar-refractivity contribution < 1.29 is 18.7 Å². The van der Waals surface area contributed by atoms with Crippen LogP contribution < -0.4 is 25.9 Å². The number of methoxy groups -OCH3 is 1. The van der Waals surface area contributed by atoms with Crippen molar-refractivity contribution in [1.82, 2.24) is 15.3 Å². The predicted molar refractivity (Wildman–Crippen MR) is 120 cm³/mol. The van der Waals surface area contributed by atoms with E-state index in [2.05, 4.69) is 25.5 Å². The summed E-state index contributed by atoms with van der Waals surface area (Å²) in [4.78, 5) is 35.9. The Balaban J connectivity index is 1.37. The van der Waals surface area contributed by atoms with E-state index in [0.29, 0.717) is 42.4 Å². The average Bonchev–Trinajstić information content (AvgIpc) is 2.81. The summed E-state index contributed by atoms with van der Waals surface area (Å²) < 4.78 is 15.9. The number of benzene rings is 1. The number of carbonyl (C=O) groups excluding carboxylic acids is 1. The molecule has 0 atom stereocenters. The highest BCUT2D eigenvalue weighted by Gasteiger charge is 2.16. The number of morpholine rings is 1. The number of ether oxygens (including phenoxy) is 2. The fourth-order valence-corrected chi connectivity index (χ4v) is 3.47. The number of anilines is 2. The van der Waals surface area contributed by atoms with Crippen molar-refractivity contribution in [2.24, 2.45) is 0 Å². The maximum atomic E-state index is 12.5. The number of nitrogens with zero attached hydrogens (tertiary/aromatic N) is 3. The van der Waals surface area contributed by atoms with E-state index < -0.39 is 11.5 Å². The van der Waals surface area contributed by atoms with Crippen molar-refractivity contribution >= 4 is 28.6 Å². The molecule has 0 aliphatic carbocycles. The van der Waals surface area contributed by atoms with Crippen LogP contribution in [0, 0.1) is 6.92 Å². The SMILES string of the molecule is COc1cccc2cc(C(=O)NCCNc3nc(C)cc(N4CCOCC4)n3)c(=O)oc12. The van der Waals surface area contributed by atoms with E-state index in [0.717, 1.165) is 24.6 Å². The number of para-hydroxylation sites is 1. The number of amides is 1. The smallest absolute Gasteiger partial charge is 0.349 e. The van der Waals surface area contributed by atoms with Gasteiger partial charge in [-0.05, 0) is 19.1 Å². The van der Waals surface area contributed by atoms with Gasteiger partial charge in [0.15, 0.2) is 11.3 Å². The van der Waals surface area contributed by atoms with Crippen LogP contribution in [-0.4, -0.2) is 62.4 Å². The Bertz CT molecular complexity index is 1170. The molecule has 0 spiro atoms. The number of carbonyl (C=O) groups is 1. The van der Waals surface area contributed by atoms with E-state index in [-0.39, 0.29) is 12.1 Å². The molecular weight excluding hydrogens is 414 g/mol. The Morgan fingerprint density at radius 3 is 2.78 bits per heavy atom. The molecule has 1 aliphatic rings. The normalized spacial score (nSPS) is 13.8.